The molecule has 0 fully saturated rings. The molecule has 0 bridgehead atoms. The Morgan fingerprint density at radius 1 is 1.00 bits per heavy atom. The van der Waals surface area contributed by atoms with Crippen molar-refractivity contribution in [3.05, 3.63) is 65.5 Å². The quantitative estimate of drug-likeness (QED) is 0.568. The smallest absolute Gasteiger partial charge is 0.115 e. The van der Waals surface area contributed by atoms with Crippen LogP contribution in [0.5, 0.6) is 0 Å². The van der Waals surface area contributed by atoms with Crippen LogP contribution in [0, 0.1) is 13.8 Å². The molecule has 28 heavy (non-hydrogen) atoms. The Morgan fingerprint density at radius 2 is 1.71 bits per heavy atom. The summed E-state index contributed by atoms with van der Waals surface area (Å²) in [6.45, 7) is 10.6. The minimum atomic E-state index is 0.708. The van der Waals surface area contributed by atoms with E-state index < -0.39 is 0 Å². The lowest BCUT2D eigenvalue weighted by molar-refractivity contribution is 0.140. The van der Waals surface area contributed by atoms with Gasteiger partial charge in [-0.25, -0.2) is 9.97 Å². The van der Waals surface area contributed by atoms with E-state index >= 15 is 0 Å². The Labute approximate surface area is 167 Å². The second kappa shape index (κ2) is 9.57. The van der Waals surface area contributed by atoms with E-state index in [1.807, 2.05) is 12.4 Å². The molecule has 1 aromatic carbocycles. The largest absolute Gasteiger partial charge is 0.383 e. The fraction of sp³-hybridized carbons (Fsp3) is 0.409. The summed E-state index contributed by atoms with van der Waals surface area (Å²) in [5.41, 5.74) is 7.11. The van der Waals surface area contributed by atoms with Gasteiger partial charge in [0.2, 0.25) is 0 Å². The first kappa shape index (κ1) is 20.2. The maximum atomic E-state index is 5.34. The van der Waals surface area contributed by atoms with Crippen molar-refractivity contribution in [1.82, 2.24) is 24.6 Å². The summed E-state index contributed by atoms with van der Waals surface area (Å²) in [6, 6.07) is 8.62. The highest BCUT2D eigenvalue weighted by Crippen LogP contribution is 2.20. The van der Waals surface area contributed by atoms with Gasteiger partial charge in [0.05, 0.1) is 12.3 Å². The van der Waals surface area contributed by atoms with Crippen LogP contribution < -0.4 is 0 Å². The van der Waals surface area contributed by atoms with Crippen molar-refractivity contribution >= 4 is 0 Å². The van der Waals surface area contributed by atoms with Gasteiger partial charge in [0.25, 0.3) is 0 Å². The monoisotopic (exact) mass is 379 g/mol. The first-order valence-corrected chi connectivity index (χ1v) is 9.70. The van der Waals surface area contributed by atoms with Crippen LogP contribution in [0.2, 0.25) is 0 Å². The molecule has 0 saturated carbocycles. The maximum Gasteiger partial charge on any atom is 0.115 e. The summed E-state index contributed by atoms with van der Waals surface area (Å²) in [6.07, 6.45) is 5.23. The van der Waals surface area contributed by atoms with Gasteiger partial charge in [-0.2, -0.15) is 5.10 Å². The fourth-order valence-corrected chi connectivity index (χ4v) is 3.44. The second-order valence-corrected chi connectivity index (χ2v) is 6.99. The average Bonchev–Trinajstić information content (AvgIpc) is 3.00. The molecule has 0 spiro atoms. The third-order valence-corrected chi connectivity index (χ3v) is 5.08. The number of hydrogen-bond acceptors (Lipinski definition) is 5. The Morgan fingerprint density at radius 3 is 2.32 bits per heavy atom. The first-order valence-electron chi connectivity index (χ1n) is 9.70. The van der Waals surface area contributed by atoms with Crippen LogP contribution in [0.4, 0.5) is 0 Å². The summed E-state index contributed by atoms with van der Waals surface area (Å²) in [7, 11) is 1.75. The highest BCUT2D eigenvalue weighted by atomic mass is 16.5. The summed E-state index contributed by atoms with van der Waals surface area (Å²) >= 11 is 0. The SMILES string of the molecule is CCn1nc(C)c(CN(CCOC)Cc2ccc(-c3cncnc3)cc2)c1C. The standard InChI is InChI=1S/C22H29N5O/c1-5-27-18(3)22(17(2)25-27)15-26(10-11-28-4)14-19-6-8-20(9-7-19)21-12-23-16-24-13-21/h6-9,12-13,16H,5,10-11,14-15H2,1-4H3. The van der Waals surface area contributed by atoms with Crippen LogP contribution in [-0.2, 0) is 24.4 Å². The molecule has 0 aliphatic rings. The van der Waals surface area contributed by atoms with Crippen molar-refractivity contribution in [2.45, 2.75) is 40.4 Å². The summed E-state index contributed by atoms with van der Waals surface area (Å²) in [4.78, 5) is 10.6. The van der Waals surface area contributed by atoms with Gasteiger partial charge in [-0.3, -0.25) is 9.58 Å². The predicted octanol–water partition coefficient (Wildman–Crippen LogP) is 3.63. The second-order valence-electron chi connectivity index (χ2n) is 6.99. The van der Waals surface area contributed by atoms with Crippen LogP contribution in [0.1, 0.15) is 29.4 Å². The van der Waals surface area contributed by atoms with Crippen molar-refractivity contribution in [2.75, 3.05) is 20.3 Å². The molecule has 2 heterocycles. The van der Waals surface area contributed by atoms with Gasteiger partial charge in [0.1, 0.15) is 6.33 Å². The highest BCUT2D eigenvalue weighted by Gasteiger charge is 2.15. The number of rotatable bonds is 9. The van der Waals surface area contributed by atoms with Crippen molar-refractivity contribution in [3.8, 4) is 11.1 Å². The molecule has 6 heteroatoms. The van der Waals surface area contributed by atoms with Gasteiger partial charge < -0.3 is 4.74 Å². The Bertz CT molecular complexity index is 874. The minimum Gasteiger partial charge on any atom is -0.383 e. The molecular weight excluding hydrogens is 350 g/mol. The summed E-state index contributed by atoms with van der Waals surface area (Å²) < 4.78 is 7.41. The Balaban J connectivity index is 1.74. The summed E-state index contributed by atoms with van der Waals surface area (Å²) in [5, 5.41) is 4.66. The number of ether oxygens (including phenoxy) is 1. The molecule has 0 aliphatic carbocycles. The van der Waals surface area contributed by atoms with Crippen LogP contribution in [0.25, 0.3) is 11.1 Å². The van der Waals surface area contributed by atoms with Gasteiger partial charge in [0.15, 0.2) is 0 Å². The lowest BCUT2D eigenvalue weighted by Crippen LogP contribution is -2.27. The minimum absolute atomic E-state index is 0.708. The molecule has 0 amide bonds. The molecule has 0 N–H and O–H groups in total. The Hall–Kier alpha value is -2.57. The van der Waals surface area contributed by atoms with Crippen molar-refractivity contribution in [3.63, 3.8) is 0 Å². The number of methoxy groups -OCH3 is 1. The van der Waals surface area contributed by atoms with E-state index in [-0.39, 0.29) is 0 Å². The molecule has 0 aliphatic heterocycles. The van der Waals surface area contributed by atoms with E-state index in [9.17, 15) is 0 Å². The third kappa shape index (κ3) is 4.82. The van der Waals surface area contributed by atoms with E-state index in [2.05, 4.69) is 69.7 Å². The number of benzene rings is 1. The van der Waals surface area contributed by atoms with Crippen molar-refractivity contribution in [2.24, 2.45) is 0 Å². The van der Waals surface area contributed by atoms with E-state index in [1.54, 1.807) is 13.4 Å². The zero-order chi connectivity index (χ0) is 19.9. The Kier molecular flexibility index (Phi) is 6.90. The van der Waals surface area contributed by atoms with Crippen molar-refractivity contribution < 1.29 is 4.74 Å². The molecule has 0 radical (unpaired) electrons. The van der Waals surface area contributed by atoms with Crippen LogP contribution in [0.15, 0.2) is 43.0 Å². The van der Waals surface area contributed by atoms with Crippen molar-refractivity contribution in [1.29, 1.82) is 0 Å². The lowest BCUT2D eigenvalue weighted by Gasteiger charge is -2.22. The highest BCUT2D eigenvalue weighted by molar-refractivity contribution is 5.61. The van der Waals surface area contributed by atoms with Crippen LogP contribution >= 0.6 is 0 Å². The number of nitrogens with zero attached hydrogens (tertiary/aromatic N) is 5. The molecular formula is C22H29N5O. The van der Waals surface area contributed by atoms with Gasteiger partial charge in [-0.05, 0) is 31.9 Å². The van der Waals surface area contributed by atoms with Crippen LogP contribution in [-0.4, -0.2) is 44.9 Å². The molecule has 0 saturated heterocycles. The normalized spacial score (nSPS) is 11.3. The fourth-order valence-electron chi connectivity index (χ4n) is 3.44. The zero-order valence-corrected chi connectivity index (χ0v) is 17.2. The van der Waals surface area contributed by atoms with Gasteiger partial charge in [0, 0.05) is 62.5 Å². The van der Waals surface area contributed by atoms with E-state index in [0.717, 1.165) is 43.0 Å². The molecule has 3 rings (SSSR count). The molecule has 0 atom stereocenters. The average molecular weight is 380 g/mol. The lowest BCUT2D eigenvalue weighted by atomic mass is 10.1. The van der Waals surface area contributed by atoms with E-state index in [0.29, 0.717) is 6.61 Å². The summed E-state index contributed by atoms with van der Waals surface area (Å²) in [5.74, 6) is 0. The maximum absolute atomic E-state index is 5.34. The van der Waals surface area contributed by atoms with Gasteiger partial charge >= 0.3 is 0 Å². The third-order valence-electron chi connectivity index (χ3n) is 5.08. The van der Waals surface area contributed by atoms with E-state index in [1.165, 1.54) is 16.8 Å². The van der Waals surface area contributed by atoms with Gasteiger partial charge in [-0.15, -0.1) is 0 Å². The number of aromatic nitrogens is 4. The predicted molar refractivity (Wildman–Crippen MR) is 111 cm³/mol. The molecule has 6 nitrogen and oxygen atoms in total. The van der Waals surface area contributed by atoms with E-state index in [4.69, 9.17) is 4.74 Å². The van der Waals surface area contributed by atoms with Gasteiger partial charge in [-0.1, -0.05) is 24.3 Å². The topological polar surface area (TPSA) is 56.1 Å². The number of aryl methyl sites for hydroxylation is 2. The zero-order valence-electron chi connectivity index (χ0n) is 17.2. The molecule has 148 valence electrons. The molecule has 0 unspecified atom stereocenters. The first-order chi connectivity index (χ1) is 13.6. The van der Waals surface area contributed by atoms with Crippen LogP contribution in [0.3, 0.4) is 0 Å². The molecule has 2 aromatic heterocycles. The number of hydrogen-bond donors (Lipinski definition) is 0. The molecule has 3 aromatic rings.